The summed E-state index contributed by atoms with van der Waals surface area (Å²) in [6.07, 6.45) is 2.91. The monoisotopic (exact) mass is 181 g/mol. The lowest BCUT2D eigenvalue weighted by Crippen LogP contribution is -2.12. The average Bonchev–Trinajstić information content (AvgIpc) is 2.59. The third-order valence-electron chi connectivity index (χ3n) is 2.46. The zero-order valence-electron chi connectivity index (χ0n) is 8.72. The van der Waals surface area contributed by atoms with Crippen molar-refractivity contribution in [2.45, 2.75) is 46.1 Å². The quantitative estimate of drug-likeness (QED) is 0.746. The number of hydrogen-bond acceptors (Lipinski definition) is 2. The molecule has 0 fully saturated rings. The topological polar surface area (TPSA) is 54.7 Å². The normalized spacial score (nSPS) is 13.2. The Bertz CT molecular complexity index is 244. The molecule has 3 N–H and O–H groups in total. The van der Waals surface area contributed by atoms with Crippen LogP contribution in [0, 0.1) is 0 Å². The molecular weight excluding hydrogens is 162 g/mol. The van der Waals surface area contributed by atoms with E-state index in [1.165, 1.54) is 11.3 Å². The zero-order valence-corrected chi connectivity index (χ0v) is 8.72. The second-order valence-corrected chi connectivity index (χ2v) is 3.28. The molecule has 1 aromatic heterocycles. The van der Waals surface area contributed by atoms with Crippen molar-refractivity contribution in [3.63, 3.8) is 0 Å². The highest BCUT2D eigenvalue weighted by Gasteiger charge is 2.15. The highest BCUT2D eigenvalue weighted by Crippen LogP contribution is 2.21. The fourth-order valence-corrected chi connectivity index (χ4v) is 1.61. The number of H-pyrrole nitrogens is 1. The summed E-state index contributed by atoms with van der Waals surface area (Å²) in [5.74, 6) is 0. The lowest BCUT2D eigenvalue weighted by atomic mass is 10.0. The van der Waals surface area contributed by atoms with Gasteiger partial charge in [-0.15, -0.1) is 0 Å². The molecule has 0 bridgehead atoms. The summed E-state index contributed by atoms with van der Waals surface area (Å²) >= 11 is 0. The van der Waals surface area contributed by atoms with Gasteiger partial charge in [0, 0.05) is 17.3 Å². The first-order chi connectivity index (χ1) is 6.24. The number of aromatic nitrogens is 2. The van der Waals surface area contributed by atoms with Gasteiger partial charge in [0.1, 0.15) is 0 Å². The molecule has 0 saturated carbocycles. The van der Waals surface area contributed by atoms with Crippen molar-refractivity contribution in [1.29, 1.82) is 0 Å². The average molecular weight is 181 g/mol. The Morgan fingerprint density at radius 2 is 2.00 bits per heavy atom. The highest BCUT2D eigenvalue weighted by molar-refractivity contribution is 5.28. The van der Waals surface area contributed by atoms with Crippen molar-refractivity contribution in [3.05, 3.63) is 17.0 Å². The van der Waals surface area contributed by atoms with Gasteiger partial charge < -0.3 is 5.73 Å². The first kappa shape index (κ1) is 10.3. The molecule has 1 heterocycles. The van der Waals surface area contributed by atoms with Crippen LogP contribution in [-0.4, -0.2) is 10.2 Å². The largest absolute Gasteiger partial charge is 0.324 e. The van der Waals surface area contributed by atoms with Gasteiger partial charge in [0.05, 0.1) is 5.69 Å². The predicted octanol–water partition coefficient (Wildman–Crippen LogP) is 1.94. The number of hydrogen-bond donors (Lipinski definition) is 2. The van der Waals surface area contributed by atoms with E-state index < -0.39 is 0 Å². The molecule has 1 atom stereocenters. The van der Waals surface area contributed by atoms with Gasteiger partial charge in [-0.1, -0.05) is 20.8 Å². The van der Waals surface area contributed by atoms with Crippen LogP contribution in [0.5, 0.6) is 0 Å². The summed E-state index contributed by atoms with van der Waals surface area (Å²) in [7, 11) is 0. The number of rotatable bonds is 4. The third-order valence-corrected chi connectivity index (χ3v) is 2.46. The smallest absolute Gasteiger partial charge is 0.0670 e. The molecule has 1 rings (SSSR count). The molecule has 0 amide bonds. The minimum atomic E-state index is 0.142. The number of aryl methyl sites for hydroxylation is 2. The van der Waals surface area contributed by atoms with Gasteiger partial charge in [0.25, 0.3) is 0 Å². The van der Waals surface area contributed by atoms with Crippen molar-refractivity contribution in [2.75, 3.05) is 0 Å². The van der Waals surface area contributed by atoms with Crippen molar-refractivity contribution >= 4 is 0 Å². The molecule has 13 heavy (non-hydrogen) atoms. The molecule has 0 spiro atoms. The predicted molar refractivity (Wildman–Crippen MR) is 54.6 cm³/mol. The fraction of sp³-hybridized carbons (Fsp3) is 0.700. The molecule has 0 aliphatic heterocycles. The fourth-order valence-electron chi connectivity index (χ4n) is 1.61. The molecule has 74 valence electrons. The van der Waals surface area contributed by atoms with Crippen molar-refractivity contribution in [1.82, 2.24) is 10.2 Å². The van der Waals surface area contributed by atoms with Crippen LogP contribution in [0.4, 0.5) is 0 Å². The zero-order chi connectivity index (χ0) is 9.84. The van der Waals surface area contributed by atoms with E-state index in [1.807, 2.05) is 0 Å². The van der Waals surface area contributed by atoms with Crippen LogP contribution in [0.15, 0.2) is 0 Å². The van der Waals surface area contributed by atoms with Gasteiger partial charge >= 0.3 is 0 Å². The minimum absolute atomic E-state index is 0.142. The Morgan fingerprint density at radius 1 is 1.31 bits per heavy atom. The summed E-state index contributed by atoms with van der Waals surface area (Å²) in [4.78, 5) is 0. The van der Waals surface area contributed by atoms with Crippen LogP contribution in [0.25, 0.3) is 0 Å². The van der Waals surface area contributed by atoms with Crippen LogP contribution < -0.4 is 5.73 Å². The van der Waals surface area contributed by atoms with E-state index in [1.54, 1.807) is 0 Å². The lowest BCUT2D eigenvalue weighted by molar-refractivity contribution is 0.682. The second kappa shape index (κ2) is 4.42. The second-order valence-electron chi connectivity index (χ2n) is 3.28. The molecule has 0 aromatic carbocycles. The van der Waals surface area contributed by atoms with E-state index in [2.05, 4.69) is 31.0 Å². The number of aromatic amines is 1. The Labute approximate surface area is 79.7 Å². The van der Waals surface area contributed by atoms with Crippen LogP contribution in [-0.2, 0) is 12.8 Å². The maximum absolute atomic E-state index is 6.03. The first-order valence-electron chi connectivity index (χ1n) is 5.06. The molecular formula is C10H19N3. The highest BCUT2D eigenvalue weighted by atomic mass is 15.1. The van der Waals surface area contributed by atoms with Crippen LogP contribution in [0.1, 0.15) is 50.2 Å². The van der Waals surface area contributed by atoms with Crippen molar-refractivity contribution < 1.29 is 0 Å². The van der Waals surface area contributed by atoms with E-state index in [9.17, 15) is 0 Å². The Kier molecular flexibility index (Phi) is 3.48. The van der Waals surface area contributed by atoms with Gasteiger partial charge in [-0.05, 0) is 19.3 Å². The SMILES string of the molecule is CCc1n[nH]c(CC)c1C(N)CC. The number of nitrogens with zero attached hydrogens (tertiary/aromatic N) is 1. The van der Waals surface area contributed by atoms with E-state index in [4.69, 9.17) is 5.73 Å². The maximum atomic E-state index is 6.03. The minimum Gasteiger partial charge on any atom is -0.324 e. The van der Waals surface area contributed by atoms with E-state index in [0.29, 0.717) is 0 Å². The van der Waals surface area contributed by atoms with Crippen LogP contribution in [0.2, 0.25) is 0 Å². The third kappa shape index (κ3) is 1.91. The Morgan fingerprint density at radius 3 is 2.46 bits per heavy atom. The van der Waals surface area contributed by atoms with Gasteiger partial charge in [-0.25, -0.2) is 0 Å². The van der Waals surface area contributed by atoms with Crippen LogP contribution in [0.3, 0.4) is 0 Å². The molecule has 1 unspecified atom stereocenters. The summed E-state index contributed by atoms with van der Waals surface area (Å²) in [5, 5.41) is 7.33. The lowest BCUT2D eigenvalue weighted by Gasteiger charge is -2.10. The summed E-state index contributed by atoms with van der Waals surface area (Å²) < 4.78 is 0. The van der Waals surface area contributed by atoms with Gasteiger partial charge in [-0.2, -0.15) is 5.10 Å². The molecule has 0 aliphatic carbocycles. The summed E-state index contributed by atoms with van der Waals surface area (Å²) in [5.41, 5.74) is 9.61. The van der Waals surface area contributed by atoms with E-state index in [-0.39, 0.29) is 6.04 Å². The Balaban J connectivity index is 3.04. The van der Waals surface area contributed by atoms with Gasteiger partial charge in [0.15, 0.2) is 0 Å². The van der Waals surface area contributed by atoms with E-state index in [0.717, 1.165) is 25.0 Å². The van der Waals surface area contributed by atoms with Crippen molar-refractivity contribution in [3.8, 4) is 0 Å². The molecule has 0 aliphatic rings. The molecule has 0 saturated heterocycles. The molecule has 1 aromatic rings. The summed E-state index contributed by atoms with van der Waals surface area (Å²) in [6, 6.07) is 0.142. The standard InChI is InChI=1S/C10H19N3/c1-4-7(11)10-8(5-2)12-13-9(10)6-3/h7H,4-6,11H2,1-3H3,(H,12,13). The van der Waals surface area contributed by atoms with Crippen molar-refractivity contribution in [2.24, 2.45) is 5.73 Å². The maximum Gasteiger partial charge on any atom is 0.0670 e. The van der Waals surface area contributed by atoms with Crippen LogP contribution >= 0.6 is 0 Å². The van der Waals surface area contributed by atoms with E-state index >= 15 is 0 Å². The molecule has 3 heteroatoms. The first-order valence-corrected chi connectivity index (χ1v) is 5.06. The molecule has 0 radical (unpaired) electrons. The summed E-state index contributed by atoms with van der Waals surface area (Å²) in [6.45, 7) is 6.34. The number of nitrogens with two attached hydrogens (primary N) is 1. The Hall–Kier alpha value is -0.830. The van der Waals surface area contributed by atoms with Gasteiger partial charge in [-0.3, -0.25) is 5.10 Å². The number of nitrogens with one attached hydrogen (secondary N) is 1. The molecule has 3 nitrogen and oxygen atoms in total. The van der Waals surface area contributed by atoms with Gasteiger partial charge in [0.2, 0.25) is 0 Å².